The van der Waals surface area contributed by atoms with E-state index in [0.29, 0.717) is 79.9 Å². The van der Waals surface area contributed by atoms with Gasteiger partial charge in [0.2, 0.25) is 11.9 Å². The van der Waals surface area contributed by atoms with Crippen LogP contribution in [0.5, 0.6) is 0 Å². The number of pyridine rings is 3. The molecule has 0 unspecified atom stereocenters. The van der Waals surface area contributed by atoms with E-state index < -0.39 is 75.3 Å². The molecule has 794 valence electrons. The fourth-order valence-corrected chi connectivity index (χ4v) is 25.8. The number of aliphatic hydroxyl groups excluding tert-OH is 2. The predicted molar refractivity (Wildman–Crippen MR) is 574 cm³/mol. The molecule has 5 aliphatic carbocycles. The third kappa shape index (κ3) is 25.1. The molecule has 0 bridgehead atoms. The number of hydrogen-bond donors (Lipinski definition) is 14. The zero-order chi connectivity index (χ0) is 106. The SMILES string of the molecule is CC1(C)O[C@@H]2[C@H](O1)[C@@H](C(C)(C)O)C[C@H]2N.COCCNc1nc(C)c(-c2nc3c(C)nccc3s2)c(N[C@@H]2C[C@H](C(C)(C)O)[C@@H](O)[C@H]2O)n1.COCCNc1nc(C)c(-c2nc3c(C)nccc3s2)c(N[C@@H]2C[C@H](C(C)(C)O)[C@H]3OC(C)(C)O[C@H]32)n1.CSc1nc(C)c(-c2nc3c(C)nccc3s2)c(N[C@@H]2C[C@H](C(C)(C)O)[C@H]3OC(C)(C)O[C@H]32)n1.CSc1nc(C)c(I)c(N[C@@H]2C[C@H](C(C)(C)O)[C@H]3OC(C)(C)O[C@H]32)n1. The summed E-state index contributed by atoms with van der Waals surface area (Å²) in [5, 5.41) is 98.8. The molecule has 15 N–H and O–H groups in total. The number of thioether (sulfide) groups is 2. The molecule has 0 radical (unpaired) electrons. The zero-order valence-corrected chi connectivity index (χ0v) is 94.6. The Morgan fingerprint density at radius 2 is 0.669 bits per heavy atom. The molecule has 10 aromatic heterocycles. The van der Waals surface area contributed by atoms with Gasteiger partial charge in [0.1, 0.15) is 85.4 Å². The first-order valence-electron chi connectivity index (χ1n) is 49.4. The van der Waals surface area contributed by atoms with Crippen LogP contribution in [0.3, 0.4) is 0 Å². The van der Waals surface area contributed by atoms with Gasteiger partial charge in [-0.25, -0.2) is 44.9 Å². The van der Waals surface area contributed by atoms with E-state index in [1.165, 1.54) is 34.9 Å². The Kier molecular flexibility index (Phi) is 33.7. The number of nitrogens with zero attached hydrogens (tertiary/aromatic N) is 14. The van der Waals surface area contributed by atoms with Crippen molar-refractivity contribution in [2.45, 2.75) is 358 Å². The lowest BCUT2D eigenvalue weighted by Crippen LogP contribution is -2.40. The monoisotopic (exact) mass is 2210 g/mol. The number of aryl methyl sites for hydroxylation is 7. The zero-order valence-electron chi connectivity index (χ0n) is 88.3. The summed E-state index contributed by atoms with van der Waals surface area (Å²) in [6, 6.07) is 5.18. The van der Waals surface area contributed by atoms with Gasteiger partial charge in [-0.1, -0.05) is 23.5 Å². The molecular weight excluding hydrogens is 2070 g/mol. The molecule has 9 aliphatic rings. The molecule has 44 heteroatoms. The number of fused-ring (bicyclic) bond motifs is 7. The Balaban J connectivity index is 0.000000139. The third-order valence-electron chi connectivity index (χ3n) is 28.3. The fourth-order valence-electron chi connectivity index (χ4n) is 21.3. The third-order valence-corrected chi connectivity index (χ3v) is 33.8. The summed E-state index contributed by atoms with van der Waals surface area (Å²) in [7, 11) is 3.29. The number of hydrogen-bond acceptors (Lipinski definition) is 43. The average molecular weight is 2210 g/mol. The highest BCUT2D eigenvalue weighted by molar-refractivity contribution is 14.1. The number of halogens is 1. The van der Waals surface area contributed by atoms with E-state index >= 15 is 0 Å². The van der Waals surface area contributed by atoms with Crippen molar-refractivity contribution < 1.29 is 83.1 Å². The van der Waals surface area contributed by atoms with Gasteiger partial charge in [0.25, 0.3) is 0 Å². The van der Waals surface area contributed by atoms with E-state index in [-0.39, 0.29) is 96.7 Å². The predicted octanol–water partition coefficient (Wildman–Crippen LogP) is 14.4. The normalized spacial score (nSPS) is 27.9. The number of nitrogens with one attached hydrogen (secondary N) is 6. The van der Waals surface area contributed by atoms with Gasteiger partial charge in [-0.2, -0.15) is 9.97 Å². The highest BCUT2D eigenvalue weighted by atomic mass is 127. The first kappa shape index (κ1) is 112. The van der Waals surface area contributed by atoms with Crippen LogP contribution in [0, 0.1) is 81.6 Å². The Morgan fingerprint density at radius 1 is 0.379 bits per heavy atom. The van der Waals surface area contributed by atoms with Gasteiger partial charge in [-0.15, -0.1) is 34.0 Å². The van der Waals surface area contributed by atoms with Crippen molar-refractivity contribution in [2.24, 2.45) is 35.3 Å². The smallest absolute Gasteiger partial charge is 0.224 e. The molecule has 4 aliphatic heterocycles. The molecule has 4 saturated heterocycles. The van der Waals surface area contributed by atoms with E-state index in [1.807, 2.05) is 182 Å². The second-order valence-electron chi connectivity index (χ2n) is 43.7. The minimum absolute atomic E-state index is 0.00242. The van der Waals surface area contributed by atoms with Crippen LogP contribution in [-0.2, 0) is 47.4 Å². The molecule has 38 nitrogen and oxygen atoms in total. The van der Waals surface area contributed by atoms with Crippen molar-refractivity contribution in [1.29, 1.82) is 0 Å². The second-order valence-corrected chi connectivity index (χ2v) is 49.4. The fraction of sp³-hybridized carbons (Fsp3) is 0.663. The van der Waals surface area contributed by atoms with Crippen LogP contribution in [0.4, 0.5) is 35.2 Å². The van der Waals surface area contributed by atoms with Gasteiger partial charge in [0.15, 0.2) is 33.5 Å². The first-order valence-corrected chi connectivity index (χ1v) is 55.4. The molecule has 20 atom stereocenters. The van der Waals surface area contributed by atoms with E-state index in [4.69, 9.17) is 93.0 Å². The number of rotatable bonds is 26. The molecule has 145 heavy (non-hydrogen) atoms. The molecule has 0 spiro atoms. The molecule has 9 fully saturated rings. The van der Waals surface area contributed by atoms with Crippen LogP contribution >= 0.6 is 80.1 Å². The van der Waals surface area contributed by atoms with Gasteiger partial charge < -0.3 is 121 Å². The van der Waals surface area contributed by atoms with E-state index in [0.717, 1.165) is 130 Å². The van der Waals surface area contributed by atoms with E-state index in [2.05, 4.69) is 84.4 Å². The van der Waals surface area contributed by atoms with Gasteiger partial charge in [-0.3, -0.25) is 15.0 Å². The summed E-state index contributed by atoms with van der Waals surface area (Å²) in [5.74, 6) is 0.422. The number of methoxy groups -OCH3 is 2. The second kappa shape index (κ2) is 43.6. The van der Waals surface area contributed by atoms with Crippen molar-refractivity contribution >= 4 is 146 Å². The number of aliphatic hydroxyl groups is 7. The number of aromatic nitrogens is 14. The van der Waals surface area contributed by atoms with Crippen LogP contribution in [0.2, 0.25) is 0 Å². The van der Waals surface area contributed by atoms with Crippen LogP contribution in [0.25, 0.3) is 62.4 Å². The van der Waals surface area contributed by atoms with Crippen LogP contribution in [0.1, 0.15) is 197 Å². The van der Waals surface area contributed by atoms with Crippen molar-refractivity contribution in [3.63, 3.8) is 0 Å². The van der Waals surface area contributed by atoms with Crippen molar-refractivity contribution in [3.05, 3.63) is 80.2 Å². The molecule has 0 amide bonds. The molecule has 0 aromatic carbocycles. The maximum atomic E-state index is 10.9. The average Bonchev–Trinajstić information content (AvgIpc) is 1.60. The summed E-state index contributed by atoms with van der Waals surface area (Å²) < 4.78 is 63.5. The van der Waals surface area contributed by atoms with Gasteiger partial charge in [0.05, 0.1) is 170 Å². The van der Waals surface area contributed by atoms with E-state index in [9.17, 15) is 35.7 Å². The number of nitrogens with two attached hydrogens (primary N) is 1. The number of thiazole rings is 3. The number of anilines is 6. The number of ether oxygens (including phenoxy) is 10. The topological polar surface area (TPSA) is 513 Å². The summed E-state index contributed by atoms with van der Waals surface area (Å²) >= 11 is 10.0. The van der Waals surface area contributed by atoms with Crippen LogP contribution in [-0.4, -0.2) is 301 Å². The maximum Gasteiger partial charge on any atom is 0.224 e. The Bertz CT molecular complexity index is 6250. The quantitative estimate of drug-likeness (QED) is 0.0104. The lowest BCUT2D eigenvalue weighted by molar-refractivity contribution is -0.167. The van der Waals surface area contributed by atoms with E-state index in [1.54, 1.807) is 77.0 Å². The van der Waals surface area contributed by atoms with Crippen LogP contribution in [0.15, 0.2) is 47.1 Å². The minimum Gasteiger partial charge on any atom is -0.390 e. The van der Waals surface area contributed by atoms with Crippen molar-refractivity contribution in [3.8, 4) is 31.7 Å². The summed E-state index contributed by atoms with van der Waals surface area (Å²) in [6.45, 7) is 49.1. The van der Waals surface area contributed by atoms with Gasteiger partial charge >= 0.3 is 0 Å². The van der Waals surface area contributed by atoms with Gasteiger partial charge in [0, 0.05) is 81.5 Å². The Morgan fingerprint density at radius 3 is 1.00 bits per heavy atom. The summed E-state index contributed by atoms with van der Waals surface area (Å²) in [5.41, 5.74) is 12.5. The molecule has 19 rings (SSSR count). The highest BCUT2D eigenvalue weighted by Gasteiger charge is 2.62. The first-order chi connectivity index (χ1) is 67.7. The van der Waals surface area contributed by atoms with Gasteiger partial charge in [-0.05, 0) is 258 Å². The largest absolute Gasteiger partial charge is 0.390 e. The maximum absolute atomic E-state index is 10.9. The summed E-state index contributed by atoms with van der Waals surface area (Å²) in [6.07, 6.45) is 9.23. The van der Waals surface area contributed by atoms with Crippen LogP contribution < -0.4 is 37.6 Å². The Hall–Kier alpha value is -7.05. The minimum atomic E-state index is -1.13. The van der Waals surface area contributed by atoms with Crippen molar-refractivity contribution in [2.75, 3.05) is 84.9 Å². The molecular formula is C101H146IN21O17S5. The molecule has 14 heterocycles. The lowest BCUT2D eigenvalue weighted by atomic mass is 9.87. The van der Waals surface area contributed by atoms with Crippen molar-refractivity contribution in [1.82, 2.24) is 69.8 Å². The molecule has 10 aromatic rings. The lowest BCUT2D eigenvalue weighted by Gasteiger charge is -2.31. The highest BCUT2D eigenvalue weighted by Crippen LogP contribution is 2.54. The standard InChI is InChI=1S/C26H36N6O4S.C24H31N5O3S2.C23H32N6O4S.C17H26IN3O3S.C11H21NO3/c1-13-18(23-31-19-14(2)27-9-8-17(19)37-23)22(32-24(29-13)28-10-11-34-7)30-16-12-15(25(3,4)33)20-21(16)36-26(5,6)35-20;1-11-16(21-28-17-12(2)25-9-8-15(17)34-21)20(29-22(26-11)33-7)27-14-10-13(23(3,4)30)18-19(14)32-24(5,6)31-18;1-11-16(21-28-17-12(2)24-7-6-15(17)34-21)20(29-22(26-11)25-8-9-33-5)27-14-10-13(23(3,4)32)18(30)19(14)31;1-8-11(18)14(21-15(19-8)25-6)20-10-7-9(16(2,3)22)12-13(10)24-17(4,5)23-12;1-10(2,13)6-5-7(12)9-8(6)14-11(3,4)15-9/h8-9,15-16,20-21,33H,10-12H2,1-7H3,(H2,28,29,30,32);8-9,13-14,18-19,30H,10H2,1-7H3,(H,26,27,29);6-7,13-14,18-19,30-32H,8-10H2,1-5H3,(H2,25,26,27,29);9-10,12-13,22H,7H2,1-6H3,(H,19,20,21);6-9,13H,5,12H2,1-4H3/t15-,16+,20+,21-;2*13-,14+,18+,19-;9-,10+,12+,13-;6-,7+,8+,9-/m00000/s1. The summed E-state index contributed by atoms with van der Waals surface area (Å²) in [4.78, 5) is 65.4. The molecule has 5 saturated carbocycles. The Labute approximate surface area is 882 Å².